The summed E-state index contributed by atoms with van der Waals surface area (Å²) in [5.41, 5.74) is -2.87. The number of esters is 2. The number of alkyl halides is 3. The van der Waals surface area contributed by atoms with Crippen LogP contribution in [-0.2, 0) is 15.7 Å². The monoisotopic (exact) mass is 382 g/mol. The van der Waals surface area contributed by atoms with Crippen LogP contribution in [0.3, 0.4) is 0 Å². The topological polar surface area (TPSA) is 78.4 Å². The number of carbonyl (C=O) groups is 2. The number of ether oxygens (including phenoxy) is 2. The molecule has 0 aliphatic carbocycles. The van der Waals surface area contributed by atoms with Crippen molar-refractivity contribution in [1.29, 1.82) is 0 Å². The molecule has 1 aromatic heterocycles. The number of rotatable bonds is 5. The maximum atomic E-state index is 13.9. The third-order valence-electron chi connectivity index (χ3n) is 3.53. The molecule has 0 aliphatic heterocycles. The second-order valence-electron chi connectivity index (χ2n) is 5.45. The van der Waals surface area contributed by atoms with Gasteiger partial charge in [-0.2, -0.15) is 13.2 Å². The summed E-state index contributed by atoms with van der Waals surface area (Å²) in [6.45, 7) is 4.39. The molecule has 2 aromatic rings. The molecule has 0 saturated carbocycles. The standard InChI is InChI=1S/C18H17F3N2O4/c1-4-26-16(24)12-13(18(19,20)21)14(11-8-6-10(3)7-9-11)22-23-15(12)17(25)27-5-2/h6-9H,4-5H2,1-3H3. The van der Waals surface area contributed by atoms with Gasteiger partial charge in [-0.05, 0) is 20.8 Å². The third-order valence-corrected chi connectivity index (χ3v) is 3.53. The Morgan fingerprint density at radius 2 is 1.52 bits per heavy atom. The van der Waals surface area contributed by atoms with Crippen molar-refractivity contribution in [3.63, 3.8) is 0 Å². The Hall–Kier alpha value is -2.97. The van der Waals surface area contributed by atoms with E-state index in [2.05, 4.69) is 10.2 Å². The van der Waals surface area contributed by atoms with E-state index in [1.54, 1.807) is 19.1 Å². The van der Waals surface area contributed by atoms with Crippen molar-refractivity contribution >= 4 is 11.9 Å². The molecule has 0 spiro atoms. The van der Waals surface area contributed by atoms with E-state index in [0.717, 1.165) is 5.56 Å². The summed E-state index contributed by atoms with van der Waals surface area (Å²) in [5, 5.41) is 7.12. The summed E-state index contributed by atoms with van der Waals surface area (Å²) in [5.74, 6) is -2.51. The van der Waals surface area contributed by atoms with Crippen molar-refractivity contribution < 1.29 is 32.2 Å². The molecule has 0 radical (unpaired) electrons. The molecule has 0 atom stereocenters. The van der Waals surface area contributed by atoms with Gasteiger partial charge in [0.2, 0.25) is 0 Å². The molecule has 144 valence electrons. The number of hydrogen-bond donors (Lipinski definition) is 0. The molecular weight excluding hydrogens is 365 g/mol. The zero-order valence-electron chi connectivity index (χ0n) is 14.9. The first-order valence-corrected chi connectivity index (χ1v) is 8.09. The number of nitrogens with zero attached hydrogens (tertiary/aromatic N) is 2. The summed E-state index contributed by atoms with van der Waals surface area (Å²) in [7, 11) is 0. The van der Waals surface area contributed by atoms with E-state index < -0.39 is 40.6 Å². The Morgan fingerprint density at radius 3 is 2.04 bits per heavy atom. The Bertz CT molecular complexity index is 849. The minimum Gasteiger partial charge on any atom is -0.462 e. The average Bonchev–Trinajstić information content (AvgIpc) is 2.60. The fourth-order valence-electron chi connectivity index (χ4n) is 2.37. The van der Waals surface area contributed by atoms with Crippen LogP contribution in [0.15, 0.2) is 24.3 Å². The maximum Gasteiger partial charge on any atom is 0.419 e. The molecule has 0 N–H and O–H groups in total. The number of aryl methyl sites for hydroxylation is 1. The largest absolute Gasteiger partial charge is 0.462 e. The highest BCUT2D eigenvalue weighted by Gasteiger charge is 2.43. The van der Waals surface area contributed by atoms with Gasteiger partial charge < -0.3 is 9.47 Å². The molecular formula is C18H17F3N2O4. The van der Waals surface area contributed by atoms with Gasteiger partial charge in [0.25, 0.3) is 0 Å². The quantitative estimate of drug-likeness (QED) is 0.732. The Balaban J connectivity index is 2.83. The van der Waals surface area contributed by atoms with E-state index in [1.165, 1.54) is 26.0 Å². The minimum atomic E-state index is -4.99. The van der Waals surface area contributed by atoms with E-state index in [4.69, 9.17) is 9.47 Å². The fourth-order valence-corrected chi connectivity index (χ4v) is 2.37. The van der Waals surface area contributed by atoms with Gasteiger partial charge in [-0.1, -0.05) is 29.8 Å². The Morgan fingerprint density at radius 1 is 0.963 bits per heavy atom. The van der Waals surface area contributed by atoms with Crippen LogP contribution in [-0.4, -0.2) is 35.3 Å². The van der Waals surface area contributed by atoms with Crippen LogP contribution in [0.2, 0.25) is 0 Å². The van der Waals surface area contributed by atoms with Gasteiger partial charge in [-0.15, -0.1) is 10.2 Å². The number of aromatic nitrogens is 2. The molecule has 0 fully saturated rings. The highest BCUT2D eigenvalue weighted by Crippen LogP contribution is 2.39. The fraction of sp³-hybridized carbons (Fsp3) is 0.333. The summed E-state index contributed by atoms with van der Waals surface area (Å²) >= 11 is 0. The van der Waals surface area contributed by atoms with E-state index in [1.807, 2.05) is 0 Å². The van der Waals surface area contributed by atoms with E-state index in [-0.39, 0.29) is 18.8 Å². The number of halogens is 3. The second kappa shape index (κ2) is 8.15. The maximum absolute atomic E-state index is 13.9. The minimum absolute atomic E-state index is 0.0985. The first kappa shape index (κ1) is 20.3. The van der Waals surface area contributed by atoms with Crippen molar-refractivity contribution in [3.05, 3.63) is 46.6 Å². The van der Waals surface area contributed by atoms with Crippen molar-refractivity contribution in [3.8, 4) is 11.3 Å². The highest BCUT2D eigenvalue weighted by molar-refractivity contribution is 6.04. The first-order chi connectivity index (χ1) is 12.7. The van der Waals surface area contributed by atoms with Crippen LogP contribution in [0.25, 0.3) is 11.3 Å². The normalized spacial score (nSPS) is 11.2. The summed E-state index contributed by atoms with van der Waals surface area (Å²) in [6.07, 6.45) is -4.99. The van der Waals surface area contributed by atoms with Crippen LogP contribution < -0.4 is 0 Å². The lowest BCUT2D eigenvalue weighted by molar-refractivity contribution is -0.138. The highest BCUT2D eigenvalue weighted by atomic mass is 19.4. The van der Waals surface area contributed by atoms with Crippen molar-refractivity contribution in [2.45, 2.75) is 26.9 Å². The number of carbonyl (C=O) groups excluding carboxylic acids is 2. The molecule has 0 aliphatic rings. The lowest BCUT2D eigenvalue weighted by Gasteiger charge is -2.17. The molecule has 0 saturated heterocycles. The van der Waals surface area contributed by atoms with E-state index in [9.17, 15) is 22.8 Å². The van der Waals surface area contributed by atoms with Gasteiger partial charge >= 0.3 is 18.1 Å². The SMILES string of the molecule is CCOC(=O)c1nnc(-c2ccc(C)cc2)c(C(F)(F)F)c1C(=O)OCC. The number of hydrogen-bond acceptors (Lipinski definition) is 6. The molecule has 1 aromatic carbocycles. The Kier molecular flexibility index (Phi) is 6.14. The lowest BCUT2D eigenvalue weighted by Crippen LogP contribution is -2.24. The molecule has 0 bridgehead atoms. The molecule has 0 amide bonds. The summed E-state index contributed by atoms with van der Waals surface area (Å²) in [6, 6.07) is 6.04. The third kappa shape index (κ3) is 4.42. The molecule has 2 rings (SSSR count). The first-order valence-electron chi connectivity index (χ1n) is 8.09. The van der Waals surface area contributed by atoms with Crippen LogP contribution in [0, 0.1) is 6.92 Å². The smallest absolute Gasteiger partial charge is 0.419 e. The van der Waals surface area contributed by atoms with Gasteiger partial charge in [0, 0.05) is 5.56 Å². The summed E-state index contributed by atoms with van der Waals surface area (Å²) in [4.78, 5) is 24.3. The summed E-state index contributed by atoms with van der Waals surface area (Å²) < 4.78 is 51.1. The zero-order valence-corrected chi connectivity index (χ0v) is 14.9. The molecule has 0 unspecified atom stereocenters. The lowest BCUT2D eigenvalue weighted by atomic mass is 9.98. The van der Waals surface area contributed by atoms with Crippen LogP contribution >= 0.6 is 0 Å². The molecule has 27 heavy (non-hydrogen) atoms. The van der Waals surface area contributed by atoms with Crippen molar-refractivity contribution in [2.75, 3.05) is 13.2 Å². The van der Waals surface area contributed by atoms with Gasteiger partial charge in [-0.25, -0.2) is 9.59 Å². The second-order valence-corrected chi connectivity index (χ2v) is 5.45. The van der Waals surface area contributed by atoms with Crippen molar-refractivity contribution in [2.24, 2.45) is 0 Å². The van der Waals surface area contributed by atoms with Gasteiger partial charge in [0.1, 0.15) is 16.8 Å². The predicted octanol–water partition coefficient (Wildman–Crippen LogP) is 3.82. The predicted molar refractivity (Wildman–Crippen MR) is 89.1 cm³/mol. The van der Waals surface area contributed by atoms with Gasteiger partial charge in [0.05, 0.1) is 13.2 Å². The zero-order chi connectivity index (χ0) is 20.2. The number of benzene rings is 1. The van der Waals surface area contributed by atoms with Crippen LogP contribution in [0.1, 0.15) is 45.8 Å². The molecule has 6 nitrogen and oxygen atoms in total. The molecule has 9 heteroatoms. The van der Waals surface area contributed by atoms with Gasteiger partial charge in [0.15, 0.2) is 5.69 Å². The van der Waals surface area contributed by atoms with Crippen molar-refractivity contribution in [1.82, 2.24) is 10.2 Å². The van der Waals surface area contributed by atoms with Crippen LogP contribution in [0.5, 0.6) is 0 Å². The average molecular weight is 382 g/mol. The Labute approximate surface area is 153 Å². The van der Waals surface area contributed by atoms with E-state index >= 15 is 0 Å². The van der Waals surface area contributed by atoms with Gasteiger partial charge in [-0.3, -0.25) is 0 Å². The molecule has 1 heterocycles. The van der Waals surface area contributed by atoms with E-state index in [0.29, 0.717) is 0 Å². The van der Waals surface area contributed by atoms with Crippen LogP contribution in [0.4, 0.5) is 13.2 Å².